The van der Waals surface area contributed by atoms with E-state index in [1.165, 1.54) is 6.42 Å². The molecule has 0 aromatic heterocycles. The highest BCUT2D eigenvalue weighted by Gasteiger charge is 2.20. The van der Waals surface area contributed by atoms with Gasteiger partial charge in [0, 0.05) is 19.6 Å². The van der Waals surface area contributed by atoms with Gasteiger partial charge in [0.05, 0.1) is 5.60 Å². The predicted octanol–water partition coefficient (Wildman–Crippen LogP) is 1.01. The molecule has 0 saturated carbocycles. The maximum atomic E-state index is 11.8. The van der Waals surface area contributed by atoms with E-state index in [2.05, 4.69) is 5.32 Å². The molecule has 0 spiro atoms. The molecule has 1 aliphatic heterocycles. The maximum Gasteiger partial charge on any atom is 0.248 e. The van der Waals surface area contributed by atoms with Crippen molar-refractivity contribution in [3.8, 4) is 0 Å². The van der Waals surface area contributed by atoms with E-state index in [1.807, 2.05) is 27.8 Å². The van der Waals surface area contributed by atoms with Crippen LogP contribution < -0.4 is 5.32 Å². The van der Waals surface area contributed by atoms with Crippen molar-refractivity contribution >= 4 is 5.91 Å². The summed E-state index contributed by atoms with van der Waals surface area (Å²) in [5, 5.41) is 3.38. The van der Waals surface area contributed by atoms with Crippen LogP contribution in [0.25, 0.3) is 0 Å². The lowest BCUT2D eigenvalue weighted by Gasteiger charge is -2.24. The number of ether oxygens (including phenoxy) is 1. The lowest BCUT2D eigenvalue weighted by atomic mass is 10.2. The molecular formula is C12H24N2O2. The largest absolute Gasteiger partial charge is 0.366 e. The SMILES string of the molecule is CN(CC1CCCN1)C(=O)COC(C)(C)C. The number of carbonyl (C=O) groups excluding carboxylic acids is 1. The highest BCUT2D eigenvalue weighted by molar-refractivity contribution is 5.77. The summed E-state index contributed by atoms with van der Waals surface area (Å²) in [6, 6.07) is 0.462. The maximum absolute atomic E-state index is 11.8. The molecule has 4 nitrogen and oxygen atoms in total. The first-order valence-corrected chi connectivity index (χ1v) is 6.00. The first kappa shape index (κ1) is 13.5. The first-order chi connectivity index (χ1) is 7.38. The molecule has 0 aromatic rings. The Morgan fingerprint density at radius 2 is 2.19 bits per heavy atom. The van der Waals surface area contributed by atoms with Crippen molar-refractivity contribution < 1.29 is 9.53 Å². The number of amides is 1. The zero-order valence-electron chi connectivity index (χ0n) is 10.9. The molecule has 1 saturated heterocycles. The van der Waals surface area contributed by atoms with Crippen LogP contribution in [0.15, 0.2) is 0 Å². The highest BCUT2D eigenvalue weighted by atomic mass is 16.5. The van der Waals surface area contributed by atoms with E-state index in [-0.39, 0.29) is 18.1 Å². The Morgan fingerprint density at radius 1 is 1.50 bits per heavy atom. The second-order valence-corrected chi connectivity index (χ2v) is 5.47. The second-order valence-electron chi connectivity index (χ2n) is 5.47. The number of nitrogens with one attached hydrogen (secondary N) is 1. The molecule has 1 amide bonds. The first-order valence-electron chi connectivity index (χ1n) is 6.00. The van der Waals surface area contributed by atoms with Crippen molar-refractivity contribution in [2.45, 2.75) is 45.3 Å². The number of carbonyl (C=O) groups is 1. The third-order valence-electron chi connectivity index (χ3n) is 2.71. The molecule has 0 bridgehead atoms. The molecule has 1 heterocycles. The average molecular weight is 228 g/mol. The quantitative estimate of drug-likeness (QED) is 0.781. The lowest BCUT2D eigenvalue weighted by molar-refractivity contribution is -0.139. The number of hydrogen-bond acceptors (Lipinski definition) is 3. The zero-order valence-corrected chi connectivity index (χ0v) is 10.9. The minimum Gasteiger partial charge on any atom is -0.366 e. The van der Waals surface area contributed by atoms with Crippen molar-refractivity contribution in [3.63, 3.8) is 0 Å². The van der Waals surface area contributed by atoms with Crippen LogP contribution in [-0.4, -0.2) is 49.2 Å². The summed E-state index contributed by atoms with van der Waals surface area (Å²) in [7, 11) is 1.84. The Balaban J connectivity index is 2.24. The Bertz CT molecular complexity index is 230. The molecule has 4 heteroatoms. The van der Waals surface area contributed by atoms with E-state index in [0.717, 1.165) is 19.5 Å². The second kappa shape index (κ2) is 5.64. The Labute approximate surface area is 98.3 Å². The molecule has 1 atom stereocenters. The van der Waals surface area contributed by atoms with Crippen LogP contribution in [0.3, 0.4) is 0 Å². The van der Waals surface area contributed by atoms with Gasteiger partial charge in [-0.2, -0.15) is 0 Å². The average Bonchev–Trinajstić information content (AvgIpc) is 2.65. The normalized spacial score (nSPS) is 21.1. The van der Waals surface area contributed by atoms with Gasteiger partial charge < -0.3 is 15.0 Å². The fraction of sp³-hybridized carbons (Fsp3) is 0.917. The summed E-state index contributed by atoms with van der Waals surface area (Å²) in [6.07, 6.45) is 2.38. The number of hydrogen-bond donors (Lipinski definition) is 1. The summed E-state index contributed by atoms with van der Waals surface area (Å²) in [5.41, 5.74) is -0.248. The van der Waals surface area contributed by atoms with Gasteiger partial charge in [-0.25, -0.2) is 0 Å². The summed E-state index contributed by atoms with van der Waals surface area (Å²) >= 11 is 0. The zero-order chi connectivity index (χ0) is 12.2. The Kier molecular flexibility index (Phi) is 4.74. The van der Waals surface area contributed by atoms with Gasteiger partial charge in [-0.15, -0.1) is 0 Å². The molecular weight excluding hydrogens is 204 g/mol. The van der Waals surface area contributed by atoms with Gasteiger partial charge in [0.25, 0.3) is 0 Å². The number of rotatable bonds is 4. The van der Waals surface area contributed by atoms with Crippen LogP contribution in [0, 0.1) is 0 Å². The fourth-order valence-corrected chi connectivity index (χ4v) is 1.73. The van der Waals surface area contributed by atoms with Crippen molar-refractivity contribution in [2.24, 2.45) is 0 Å². The lowest BCUT2D eigenvalue weighted by Crippen LogP contribution is -2.41. The standard InChI is InChI=1S/C12H24N2O2/c1-12(2,3)16-9-11(15)14(4)8-10-6-5-7-13-10/h10,13H,5-9H2,1-4H3. The summed E-state index contributed by atoms with van der Waals surface area (Å²) in [4.78, 5) is 13.5. The molecule has 0 aliphatic carbocycles. The third-order valence-corrected chi connectivity index (χ3v) is 2.71. The van der Waals surface area contributed by atoms with Gasteiger partial charge in [0.1, 0.15) is 6.61 Å². The number of likely N-dealkylation sites (N-methyl/N-ethyl adjacent to an activating group) is 1. The van der Waals surface area contributed by atoms with E-state index < -0.39 is 0 Å². The molecule has 94 valence electrons. The van der Waals surface area contributed by atoms with Crippen molar-refractivity contribution in [2.75, 3.05) is 26.7 Å². The van der Waals surface area contributed by atoms with E-state index in [0.29, 0.717) is 6.04 Å². The molecule has 1 unspecified atom stereocenters. The van der Waals surface area contributed by atoms with Crippen molar-refractivity contribution in [3.05, 3.63) is 0 Å². The van der Waals surface area contributed by atoms with Crippen LogP contribution in [-0.2, 0) is 9.53 Å². The van der Waals surface area contributed by atoms with Crippen LogP contribution in [0.4, 0.5) is 0 Å². The predicted molar refractivity (Wildman–Crippen MR) is 64.4 cm³/mol. The molecule has 0 aromatic carbocycles. The minimum absolute atomic E-state index is 0.0589. The van der Waals surface area contributed by atoms with Crippen molar-refractivity contribution in [1.29, 1.82) is 0 Å². The third kappa shape index (κ3) is 4.94. The van der Waals surface area contributed by atoms with Gasteiger partial charge in [-0.1, -0.05) is 0 Å². The van der Waals surface area contributed by atoms with Gasteiger partial charge in [-0.3, -0.25) is 4.79 Å². The molecule has 1 N–H and O–H groups in total. The van der Waals surface area contributed by atoms with Crippen LogP contribution in [0.5, 0.6) is 0 Å². The van der Waals surface area contributed by atoms with Gasteiger partial charge in [0.15, 0.2) is 0 Å². The molecule has 1 fully saturated rings. The molecule has 16 heavy (non-hydrogen) atoms. The van der Waals surface area contributed by atoms with Crippen LogP contribution in [0.1, 0.15) is 33.6 Å². The van der Waals surface area contributed by atoms with E-state index in [1.54, 1.807) is 4.90 Å². The smallest absolute Gasteiger partial charge is 0.248 e. The van der Waals surface area contributed by atoms with Crippen LogP contribution in [0.2, 0.25) is 0 Å². The van der Waals surface area contributed by atoms with Gasteiger partial charge >= 0.3 is 0 Å². The topological polar surface area (TPSA) is 41.6 Å². The van der Waals surface area contributed by atoms with E-state index in [4.69, 9.17) is 4.74 Å². The minimum atomic E-state index is -0.248. The highest BCUT2D eigenvalue weighted by Crippen LogP contribution is 2.08. The van der Waals surface area contributed by atoms with Crippen LogP contribution >= 0.6 is 0 Å². The summed E-state index contributed by atoms with van der Waals surface area (Å²) < 4.78 is 5.47. The Hall–Kier alpha value is -0.610. The fourth-order valence-electron chi connectivity index (χ4n) is 1.73. The molecule has 0 radical (unpaired) electrons. The molecule has 1 aliphatic rings. The monoisotopic (exact) mass is 228 g/mol. The van der Waals surface area contributed by atoms with Crippen molar-refractivity contribution in [1.82, 2.24) is 10.2 Å². The number of nitrogens with zero attached hydrogens (tertiary/aromatic N) is 1. The van der Waals surface area contributed by atoms with E-state index in [9.17, 15) is 4.79 Å². The summed E-state index contributed by atoms with van der Waals surface area (Å²) in [5.74, 6) is 0.0589. The van der Waals surface area contributed by atoms with E-state index >= 15 is 0 Å². The molecule has 1 rings (SSSR count). The van der Waals surface area contributed by atoms with Gasteiger partial charge in [-0.05, 0) is 40.2 Å². The van der Waals surface area contributed by atoms with Gasteiger partial charge in [0.2, 0.25) is 5.91 Å². The summed E-state index contributed by atoms with van der Waals surface area (Å²) in [6.45, 7) is 7.90. The Morgan fingerprint density at radius 3 is 2.69 bits per heavy atom.